The normalized spacial score (nSPS) is 12.8. The van der Waals surface area contributed by atoms with Crippen molar-refractivity contribution in [1.29, 1.82) is 0 Å². The molecule has 1 N–H and O–H groups in total. The van der Waals surface area contributed by atoms with E-state index in [1.807, 2.05) is 0 Å². The predicted molar refractivity (Wildman–Crippen MR) is 73.9 cm³/mol. The van der Waals surface area contributed by atoms with Crippen molar-refractivity contribution in [3.63, 3.8) is 0 Å². The van der Waals surface area contributed by atoms with Crippen LogP contribution in [0.25, 0.3) is 0 Å². The van der Waals surface area contributed by atoms with E-state index < -0.39 is 0 Å². The molecular formula is C13H26BrNO. The van der Waals surface area contributed by atoms with Crippen molar-refractivity contribution >= 4 is 21.8 Å². The third kappa shape index (κ3) is 8.14. The summed E-state index contributed by atoms with van der Waals surface area (Å²) in [5.74, 6) is 0.488. The van der Waals surface area contributed by atoms with Crippen LogP contribution in [0.1, 0.15) is 59.3 Å². The summed E-state index contributed by atoms with van der Waals surface area (Å²) in [6, 6.07) is 0. The van der Waals surface area contributed by atoms with Crippen molar-refractivity contribution in [2.24, 2.45) is 5.92 Å². The molecule has 3 heteroatoms. The highest BCUT2D eigenvalue weighted by atomic mass is 79.9. The lowest BCUT2D eigenvalue weighted by atomic mass is 9.97. The number of rotatable bonds is 9. The molecule has 0 aromatic heterocycles. The Balaban J connectivity index is 3.73. The Hall–Kier alpha value is -0.0500. The van der Waals surface area contributed by atoms with Crippen LogP contribution in [-0.4, -0.2) is 17.3 Å². The summed E-state index contributed by atoms with van der Waals surface area (Å²) in [5.41, 5.74) is 0. The third-order valence-electron chi connectivity index (χ3n) is 2.72. The lowest BCUT2D eigenvalue weighted by molar-refractivity contribution is -0.125. The highest BCUT2D eigenvalue weighted by Crippen LogP contribution is 2.13. The van der Waals surface area contributed by atoms with Crippen LogP contribution in [0.4, 0.5) is 0 Å². The van der Waals surface area contributed by atoms with Crippen LogP contribution in [0.3, 0.4) is 0 Å². The summed E-state index contributed by atoms with van der Waals surface area (Å²) in [6.45, 7) is 7.24. The first-order chi connectivity index (χ1) is 7.61. The second-order valence-corrected chi connectivity index (χ2v) is 6.05. The van der Waals surface area contributed by atoms with Crippen LogP contribution < -0.4 is 5.32 Å². The largest absolute Gasteiger partial charge is 0.356 e. The zero-order valence-electron chi connectivity index (χ0n) is 10.9. The van der Waals surface area contributed by atoms with Crippen molar-refractivity contribution in [2.75, 3.05) is 6.54 Å². The van der Waals surface area contributed by atoms with Crippen molar-refractivity contribution in [3.05, 3.63) is 0 Å². The lowest BCUT2D eigenvalue weighted by Crippen LogP contribution is -2.31. The van der Waals surface area contributed by atoms with Gasteiger partial charge >= 0.3 is 0 Å². The number of hydrogen-bond donors (Lipinski definition) is 1. The molecule has 0 aliphatic heterocycles. The minimum Gasteiger partial charge on any atom is -0.356 e. The SMILES string of the molecule is CCCC(CCC)C(=O)NCCCC(C)Br. The summed E-state index contributed by atoms with van der Waals surface area (Å²) >= 11 is 3.51. The molecule has 0 fully saturated rings. The summed E-state index contributed by atoms with van der Waals surface area (Å²) in [4.78, 5) is 12.4. The minimum absolute atomic E-state index is 0.233. The average molecular weight is 292 g/mol. The summed E-state index contributed by atoms with van der Waals surface area (Å²) < 4.78 is 0. The summed E-state index contributed by atoms with van der Waals surface area (Å²) in [7, 11) is 0. The van der Waals surface area contributed by atoms with Crippen LogP contribution in [0.15, 0.2) is 0 Å². The number of hydrogen-bond acceptors (Lipinski definition) is 1. The molecule has 96 valence electrons. The monoisotopic (exact) mass is 291 g/mol. The molecule has 1 amide bonds. The fourth-order valence-corrected chi connectivity index (χ4v) is 2.17. The minimum atomic E-state index is 0.233. The topological polar surface area (TPSA) is 29.1 Å². The second-order valence-electron chi connectivity index (χ2n) is 4.49. The van der Waals surface area contributed by atoms with Crippen LogP contribution >= 0.6 is 15.9 Å². The third-order valence-corrected chi connectivity index (χ3v) is 3.18. The van der Waals surface area contributed by atoms with Crippen LogP contribution in [0.5, 0.6) is 0 Å². The lowest BCUT2D eigenvalue weighted by Gasteiger charge is -2.15. The molecule has 0 saturated heterocycles. The van der Waals surface area contributed by atoms with Crippen LogP contribution in [0.2, 0.25) is 0 Å². The Morgan fingerprint density at radius 1 is 1.19 bits per heavy atom. The van der Waals surface area contributed by atoms with E-state index in [9.17, 15) is 4.79 Å². The quantitative estimate of drug-likeness (QED) is 0.507. The van der Waals surface area contributed by atoms with E-state index in [0.29, 0.717) is 4.83 Å². The van der Waals surface area contributed by atoms with Gasteiger partial charge in [-0.05, 0) is 25.7 Å². The standard InChI is InChI=1S/C13H26BrNO/c1-4-7-12(8-5-2)13(16)15-10-6-9-11(3)14/h11-12H,4-10H2,1-3H3,(H,15,16). The molecule has 2 nitrogen and oxygen atoms in total. The molecule has 1 atom stereocenters. The maximum Gasteiger partial charge on any atom is 0.223 e. The summed E-state index contributed by atoms with van der Waals surface area (Å²) in [6.07, 6.45) is 6.41. The smallest absolute Gasteiger partial charge is 0.223 e. The van der Waals surface area contributed by atoms with E-state index in [-0.39, 0.29) is 11.8 Å². The molecule has 0 bridgehead atoms. The van der Waals surface area contributed by atoms with Crippen LogP contribution in [0, 0.1) is 5.92 Å². The Morgan fingerprint density at radius 3 is 2.19 bits per heavy atom. The highest BCUT2D eigenvalue weighted by molar-refractivity contribution is 9.09. The van der Waals surface area contributed by atoms with Gasteiger partial charge in [0.2, 0.25) is 5.91 Å². The fourth-order valence-electron chi connectivity index (χ4n) is 1.84. The zero-order chi connectivity index (χ0) is 12.4. The molecule has 0 rings (SSSR count). The van der Waals surface area contributed by atoms with E-state index in [0.717, 1.165) is 45.1 Å². The first-order valence-electron chi connectivity index (χ1n) is 6.53. The number of carbonyl (C=O) groups is 1. The molecule has 0 saturated carbocycles. The van der Waals surface area contributed by atoms with E-state index in [1.54, 1.807) is 0 Å². The first kappa shape index (κ1) is 16.0. The van der Waals surface area contributed by atoms with Crippen LogP contribution in [-0.2, 0) is 4.79 Å². The molecule has 16 heavy (non-hydrogen) atoms. The molecule has 1 unspecified atom stereocenters. The zero-order valence-corrected chi connectivity index (χ0v) is 12.5. The Bertz CT molecular complexity index is 177. The van der Waals surface area contributed by atoms with Gasteiger partial charge in [0.05, 0.1) is 0 Å². The Kier molecular flexibility index (Phi) is 10.1. The van der Waals surface area contributed by atoms with Gasteiger partial charge in [-0.2, -0.15) is 0 Å². The highest BCUT2D eigenvalue weighted by Gasteiger charge is 2.15. The average Bonchev–Trinajstić information content (AvgIpc) is 2.23. The molecule has 0 radical (unpaired) electrons. The van der Waals surface area contributed by atoms with Gasteiger partial charge in [-0.25, -0.2) is 0 Å². The van der Waals surface area contributed by atoms with Gasteiger partial charge < -0.3 is 5.32 Å². The van der Waals surface area contributed by atoms with E-state index in [1.165, 1.54) is 0 Å². The predicted octanol–water partition coefficient (Wildman–Crippen LogP) is 3.88. The van der Waals surface area contributed by atoms with Crippen molar-refractivity contribution in [1.82, 2.24) is 5.32 Å². The van der Waals surface area contributed by atoms with Crippen molar-refractivity contribution in [3.8, 4) is 0 Å². The van der Waals surface area contributed by atoms with Gasteiger partial charge in [0, 0.05) is 17.3 Å². The fraction of sp³-hybridized carbons (Fsp3) is 0.923. The van der Waals surface area contributed by atoms with Gasteiger partial charge in [0.15, 0.2) is 0 Å². The van der Waals surface area contributed by atoms with E-state index in [4.69, 9.17) is 0 Å². The van der Waals surface area contributed by atoms with E-state index >= 15 is 0 Å². The van der Waals surface area contributed by atoms with Gasteiger partial charge in [0.25, 0.3) is 0 Å². The molecular weight excluding hydrogens is 266 g/mol. The molecule has 0 spiro atoms. The Morgan fingerprint density at radius 2 is 1.75 bits per heavy atom. The molecule has 0 aromatic carbocycles. The molecule has 0 aromatic rings. The van der Waals surface area contributed by atoms with Gasteiger partial charge in [0.1, 0.15) is 0 Å². The van der Waals surface area contributed by atoms with Gasteiger partial charge in [-0.15, -0.1) is 0 Å². The van der Waals surface area contributed by atoms with E-state index in [2.05, 4.69) is 42.0 Å². The van der Waals surface area contributed by atoms with Gasteiger partial charge in [-0.3, -0.25) is 4.79 Å². The maximum atomic E-state index is 11.8. The Labute approximate surface area is 109 Å². The molecule has 0 heterocycles. The number of amides is 1. The number of nitrogens with one attached hydrogen (secondary N) is 1. The number of alkyl halides is 1. The summed E-state index contributed by atoms with van der Waals surface area (Å²) in [5, 5.41) is 3.05. The number of halogens is 1. The second kappa shape index (κ2) is 10.1. The maximum absolute atomic E-state index is 11.8. The van der Waals surface area contributed by atoms with Gasteiger partial charge in [-0.1, -0.05) is 49.5 Å². The molecule has 0 aliphatic carbocycles. The molecule has 0 aliphatic rings. The van der Waals surface area contributed by atoms with Crippen molar-refractivity contribution in [2.45, 2.75) is 64.1 Å². The van der Waals surface area contributed by atoms with Crippen molar-refractivity contribution < 1.29 is 4.79 Å². The number of carbonyl (C=O) groups excluding carboxylic acids is 1. The first-order valence-corrected chi connectivity index (χ1v) is 7.45.